The first kappa shape index (κ1) is 18.2. The first-order chi connectivity index (χ1) is 13.5. The summed E-state index contributed by atoms with van der Waals surface area (Å²) in [4.78, 5) is 50.0. The number of rotatable bonds is 6. The molecule has 4 atom stereocenters. The molecule has 1 aromatic carbocycles. The Morgan fingerprint density at radius 3 is 2.25 bits per heavy atom. The maximum absolute atomic E-state index is 12.5. The lowest BCUT2D eigenvalue weighted by Crippen LogP contribution is -2.38. The fourth-order valence-corrected chi connectivity index (χ4v) is 4.31. The van der Waals surface area contributed by atoms with Crippen LogP contribution in [0.1, 0.15) is 6.42 Å². The van der Waals surface area contributed by atoms with Crippen LogP contribution in [0.5, 0.6) is 5.75 Å². The molecule has 2 aliphatic carbocycles. The lowest BCUT2D eigenvalue weighted by atomic mass is 9.85. The molecular formula is C20H20N2O6. The molecule has 8 heteroatoms. The summed E-state index contributed by atoms with van der Waals surface area (Å²) < 4.78 is 9.97. The standard InChI is InChI=1S/C20H20N2O6/c1-27-14-6-4-13(5-7-14)21-15(23)10-28-16(24)9-22-19(25)17-11-2-3-12(8-11)18(17)20(22)26/h2-7,11-12,17-18H,8-10H2,1H3,(H,21,23)/t11-,12+,17-,18+. The molecule has 4 rings (SSSR count). The average Bonchev–Trinajstić information content (AvgIpc) is 3.37. The van der Waals surface area contributed by atoms with Gasteiger partial charge < -0.3 is 14.8 Å². The van der Waals surface area contributed by atoms with Crippen LogP contribution in [0.2, 0.25) is 0 Å². The van der Waals surface area contributed by atoms with E-state index < -0.39 is 25.0 Å². The fraction of sp³-hybridized carbons (Fsp3) is 0.400. The van der Waals surface area contributed by atoms with Gasteiger partial charge in [0.05, 0.1) is 18.9 Å². The number of nitrogens with one attached hydrogen (secondary N) is 1. The number of imide groups is 1. The van der Waals surface area contributed by atoms with E-state index in [0.717, 1.165) is 11.3 Å². The van der Waals surface area contributed by atoms with E-state index in [1.807, 2.05) is 12.2 Å². The predicted molar refractivity (Wildman–Crippen MR) is 97.0 cm³/mol. The summed E-state index contributed by atoms with van der Waals surface area (Å²) in [6.45, 7) is -0.958. The molecule has 3 aliphatic rings. The predicted octanol–water partition coefficient (Wildman–Crippen LogP) is 0.984. The lowest BCUT2D eigenvalue weighted by molar-refractivity contribution is -0.154. The van der Waals surface area contributed by atoms with Crippen LogP contribution in [-0.4, -0.2) is 48.9 Å². The van der Waals surface area contributed by atoms with Gasteiger partial charge in [-0.25, -0.2) is 0 Å². The largest absolute Gasteiger partial charge is 0.497 e. The molecule has 8 nitrogen and oxygen atoms in total. The number of amides is 3. The molecule has 1 saturated carbocycles. The van der Waals surface area contributed by atoms with E-state index in [0.29, 0.717) is 11.4 Å². The van der Waals surface area contributed by atoms with Crippen molar-refractivity contribution in [2.75, 3.05) is 25.6 Å². The Morgan fingerprint density at radius 1 is 1.07 bits per heavy atom. The molecule has 28 heavy (non-hydrogen) atoms. The zero-order chi connectivity index (χ0) is 19.8. The molecule has 1 saturated heterocycles. The SMILES string of the molecule is COc1ccc(NC(=O)COC(=O)CN2C(=O)[C@@H]3[C@H](C2=O)[C@@H]2C=C[C@H]3C2)cc1. The van der Waals surface area contributed by atoms with Gasteiger partial charge in [-0.05, 0) is 42.5 Å². The number of nitrogens with zero attached hydrogens (tertiary/aromatic N) is 1. The third-order valence-electron chi connectivity index (χ3n) is 5.59. The van der Waals surface area contributed by atoms with Gasteiger partial charge in [0.1, 0.15) is 12.3 Å². The quantitative estimate of drug-likeness (QED) is 0.446. The van der Waals surface area contributed by atoms with E-state index in [2.05, 4.69) is 5.32 Å². The second-order valence-electron chi connectivity index (χ2n) is 7.20. The number of fused-ring (bicyclic) bond motifs is 5. The second-order valence-corrected chi connectivity index (χ2v) is 7.20. The topological polar surface area (TPSA) is 102 Å². The van der Waals surface area contributed by atoms with Crippen molar-refractivity contribution in [2.24, 2.45) is 23.7 Å². The highest BCUT2D eigenvalue weighted by Gasteiger charge is 2.59. The number of hydrogen-bond acceptors (Lipinski definition) is 6. The van der Waals surface area contributed by atoms with Gasteiger partial charge in [-0.1, -0.05) is 12.2 Å². The second kappa shape index (κ2) is 7.10. The maximum Gasteiger partial charge on any atom is 0.326 e. The first-order valence-electron chi connectivity index (χ1n) is 9.11. The van der Waals surface area contributed by atoms with E-state index >= 15 is 0 Å². The molecule has 0 unspecified atom stereocenters. The highest BCUT2D eigenvalue weighted by molar-refractivity contribution is 6.08. The molecule has 1 aliphatic heterocycles. The van der Waals surface area contributed by atoms with Crippen molar-refractivity contribution in [1.29, 1.82) is 0 Å². The smallest absolute Gasteiger partial charge is 0.326 e. The van der Waals surface area contributed by atoms with Crippen molar-refractivity contribution in [1.82, 2.24) is 4.90 Å². The molecule has 2 fully saturated rings. The number of carbonyl (C=O) groups excluding carboxylic acids is 4. The minimum atomic E-state index is -0.785. The van der Waals surface area contributed by atoms with Gasteiger partial charge in [-0.15, -0.1) is 0 Å². The molecule has 3 amide bonds. The number of allylic oxidation sites excluding steroid dienone is 2. The average molecular weight is 384 g/mol. The Morgan fingerprint density at radius 2 is 1.68 bits per heavy atom. The molecule has 1 aromatic rings. The normalized spacial score (nSPS) is 27.1. The molecule has 0 spiro atoms. The van der Waals surface area contributed by atoms with Crippen LogP contribution in [0.25, 0.3) is 0 Å². The highest BCUT2D eigenvalue weighted by atomic mass is 16.5. The van der Waals surface area contributed by atoms with Crippen molar-refractivity contribution >= 4 is 29.4 Å². The molecule has 0 aromatic heterocycles. The van der Waals surface area contributed by atoms with Crippen LogP contribution < -0.4 is 10.1 Å². The van der Waals surface area contributed by atoms with E-state index in [4.69, 9.17) is 9.47 Å². The summed E-state index contributed by atoms with van der Waals surface area (Å²) in [5.41, 5.74) is 0.530. The lowest BCUT2D eigenvalue weighted by Gasteiger charge is -2.16. The molecule has 2 bridgehead atoms. The van der Waals surface area contributed by atoms with Crippen LogP contribution in [0, 0.1) is 23.7 Å². The first-order valence-corrected chi connectivity index (χ1v) is 9.11. The summed E-state index contributed by atoms with van der Waals surface area (Å²) >= 11 is 0. The Hall–Kier alpha value is -3.16. The number of esters is 1. The zero-order valence-corrected chi connectivity index (χ0v) is 15.3. The number of ether oxygens (including phenoxy) is 2. The number of benzene rings is 1. The molecule has 1 heterocycles. The summed E-state index contributed by atoms with van der Waals surface area (Å²) in [7, 11) is 1.54. The maximum atomic E-state index is 12.5. The van der Waals surface area contributed by atoms with E-state index in [9.17, 15) is 19.2 Å². The third-order valence-corrected chi connectivity index (χ3v) is 5.59. The summed E-state index contributed by atoms with van der Waals surface area (Å²) in [6, 6.07) is 6.68. The molecule has 0 radical (unpaired) electrons. The van der Waals surface area contributed by atoms with E-state index in [-0.39, 0.29) is 35.5 Å². The third kappa shape index (κ3) is 3.15. The summed E-state index contributed by atoms with van der Waals surface area (Å²) in [5.74, 6) is -1.81. The van der Waals surface area contributed by atoms with Crippen molar-refractivity contribution in [3.05, 3.63) is 36.4 Å². The van der Waals surface area contributed by atoms with Crippen LogP contribution in [0.4, 0.5) is 5.69 Å². The number of anilines is 1. The monoisotopic (exact) mass is 384 g/mol. The number of hydrogen-bond donors (Lipinski definition) is 1. The molecular weight excluding hydrogens is 364 g/mol. The Bertz CT molecular complexity index is 832. The van der Waals surface area contributed by atoms with E-state index in [1.54, 1.807) is 24.3 Å². The van der Waals surface area contributed by atoms with Crippen LogP contribution in [0.3, 0.4) is 0 Å². The number of methoxy groups -OCH3 is 1. The number of likely N-dealkylation sites (tertiary alicyclic amines) is 1. The number of carbonyl (C=O) groups is 4. The van der Waals surface area contributed by atoms with E-state index in [1.165, 1.54) is 7.11 Å². The molecule has 146 valence electrons. The summed E-state index contributed by atoms with van der Waals surface area (Å²) in [6.07, 6.45) is 4.81. The van der Waals surface area contributed by atoms with Gasteiger partial charge >= 0.3 is 5.97 Å². The van der Waals surface area contributed by atoms with Gasteiger partial charge in [0.25, 0.3) is 5.91 Å². The Labute approximate surface area is 161 Å². The van der Waals surface area contributed by atoms with Gasteiger partial charge in [0.15, 0.2) is 6.61 Å². The van der Waals surface area contributed by atoms with Crippen molar-refractivity contribution < 1.29 is 28.7 Å². The van der Waals surface area contributed by atoms with Gasteiger partial charge in [0, 0.05) is 5.69 Å². The van der Waals surface area contributed by atoms with Crippen LogP contribution in [0.15, 0.2) is 36.4 Å². The molecule has 1 N–H and O–H groups in total. The minimum Gasteiger partial charge on any atom is -0.497 e. The van der Waals surface area contributed by atoms with Crippen molar-refractivity contribution in [3.63, 3.8) is 0 Å². The van der Waals surface area contributed by atoms with Gasteiger partial charge in [-0.2, -0.15) is 0 Å². The fourth-order valence-electron chi connectivity index (χ4n) is 4.31. The van der Waals surface area contributed by atoms with Crippen LogP contribution in [-0.2, 0) is 23.9 Å². The van der Waals surface area contributed by atoms with Gasteiger partial charge in [-0.3, -0.25) is 24.1 Å². The van der Waals surface area contributed by atoms with Crippen molar-refractivity contribution in [2.45, 2.75) is 6.42 Å². The zero-order valence-electron chi connectivity index (χ0n) is 15.3. The minimum absolute atomic E-state index is 0.0859. The van der Waals surface area contributed by atoms with Crippen LogP contribution >= 0.6 is 0 Å². The van der Waals surface area contributed by atoms with Gasteiger partial charge in [0.2, 0.25) is 11.8 Å². The Balaban J connectivity index is 1.27. The summed E-state index contributed by atoms with van der Waals surface area (Å²) in [5, 5.41) is 2.58. The highest BCUT2D eigenvalue weighted by Crippen LogP contribution is 2.52. The van der Waals surface area contributed by atoms with Crippen molar-refractivity contribution in [3.8, 4) is 5.75 Å². The Kier molecular flexibility index (Phi) is 4.62.